The molecule has 1 unspecified atom stereocenters. The first-order chi connectivity index (χ1) is 8.54. The number of nitrogens with zero attached hydrogens (tertiary/aromatic N) is 1. The van der Waals surface area contributed by atoms with E-state index in [1.165, 1.54) is 11.0 Å². The molecule has 0 radical (unpaired) electrons. The topological polar surface area (TPSA) is 57.6 Å². The van der Waals surface area contributed by atoms with Gasteiger partial charge in [0.25, 0.3) is 0 Å². The molecular formula is C12H11BrClNO3. The van der Waals surface area contributed by atoms with Crippen LogP contribution in [0.2, 0.25) is 5.02 Å². The molecule has 18 heavy (non-hydrogen) atoms. The second-order valence-corrected chi connectivity index (χ2v) is 5.22. The van der Waals surface area contributed by atoms with Crippen molar-refractivity contribution in [2.75, 3.05) is 16.8 Å². The lowest BCUT2D eigenvalue weighted by molar-refractivity contribution is -0.117. The number of hydrogen-bond acceptors (Lipinski definition) is 2. The van der Waals surface area contributed by atoms with Gasteiger partial charge in [0.15, 0.2) is 0 Å². The van der Waals surface area contributed by atoms with Crippen LogP contribution in [0.5, 0.6) is 0 Å². The van der Waals surface area contributed by atoms with Crippen LogP contribution in [0.15, 0.2) is 18.2 Å². The Bertz CT molecular complexity index is 506. The van der Waals surface area contributed by atoms with E-state index in [4.69, 9.17) is 11.6 Å². The maximum atomic E-state index is 11.9. The molecule has 1 atom stereocenters. The van der Waals surface area contributed by atoms with E-state index in [1.807, 2.05) is 0 Å². The number of benzene rings is 1. The SMILES string of the molecule is O=C(O)c1c(Cl)cccc1N1CC(CBr)CC1=O. The molecule has 1 aliphatic heterocycles. The molecule has 0 aromatic heterocycles. The number of amides is 1. The van der Waals surface area contributed by atoms with Gasteiger partial charge in [0.05, 0.1) is 10.7 Å². The predicted octanol–water partition coefficient (Wildman–Crippen LogP) is 2.79. The Morgan fingerprint density at radius 3 is 2.83 bits per heavy atom. The zero-order valence-electron chi connectivity index (χ0n) is 9.40. The van der Waals surface area contributed by atoms with Crippen molar-refractivity contribution in [3.63, 3.8) is 0 Å². The lowest BCUT2D eigenvalue weighted by atomic mass is 10.1. The van der Waals surface area contributed by atoms with Crippen LogP contribution < -0.4 is 4.90 Å². The highest BCUT2D eigenvalue weighted by atomic mass is 79.9. The summed E-state index contributed by atoms with van der Waals surface area (Å²) in [5.41, 5.74) is 0.367. The fraction of sp³-hybridized carbons (Fsp3) is 0.333. The fourth-order valence-corrected chi connectivity index (χ4v) is 2.75. The number of alkyl halides is 1. The lowest BCUT2D eigenvalue weighted by Crippen LogP contribution is -2.26. The molecule has 0 aliphatic carbocycles. The van der Waals surface area contributed by atoms with Gasteiger partial charge in [-0.1, -0.05) is 33.6 Å². The highest BCUT2D eigenvalue weighted by molar-refractivity contribution is 9.09. The molecule has 6 heteroatoms. The average molecular weight is 333 g/mol. The molecule has 1 N–H and O–H groups in total. The number of hydrogen-bond donors (Lipinski definition) is 1. The van der Waals surface area contributed by atoms with Crippen LogP contribution in [0.3, 0.4) is 0 Å². The number of carboxylic acids is 1. The van der Waals surface area contributed by atoms with Crippen molar-refractivity contribution < 1.29 is 14.7 Å². The van der Waals surface area contributed by atoms with Crippen molar-refractivity contribution in [2.45, 2.75) is 6.42 Å². The first-order valence-corrected chi connectivity index (χ1v) is 6.92. The van der Waals surface area contributed by atoms with Crippen molar-refractivity contribution in [2.24, 2.45) is 5.92 Å². The third-order valence-corrected chi connectivity index (χ3v) is 4.15. The van der Waals surface area contributed by atoms with E-state index in [1.54, 1.807) is 12.1 Å². The lowest BCUT2D eigenvalue weighted by Gasteiger charge is -2.19. The Hall–Kier alpha value is -1.07. The largest absolute Gasteiger partial charge is 0.478 e. The van der Waals surface area contributed by atoms with Crippen LogP contribution in [0.25, 0.3) is 0 Å². The average Bonchev–Trinajstić information content (AvgIpc) is 2.69. The molecule has 1 heterocycles. The summed E-state index contributed by atoms with van der Waals surface area (Å²) in [7, 11) is 0. The minimum absolute atomic E-state index is 0.0114. The van der Waals surface area contributed by atoms with E-state index in [-0.39, 0.29) is 22.4 Å². The van der Waals surface area contributed by atoms with Crippen molar-refractivity contribution in [3.05, 3.63) is 28.8 Å². The number of aromatic carboxylic acids is 1. The van der Waals surface area contributed by atoms with E-state index in [0.29, 0.717) is 18.7 Å². The Morgan fingerprint density at radius 2 is 2.28 bits per heavy atom. The minimum Gasteiger partial charge on any atom is -0.478 e. The molecule has 96 valence electrons. The van der Waals surface area contributed by atoms with Crippen LogP contribution in [0.1, 0.15) is 16.8 Å². The van der Waals surface area contributed by atoms with E-state index in [2.05, 4.69) is 15.9 Å². The molecular weight excluding hydrogens is 321 g/mol. The first kappa shape index (κ1) is 13.4. The molecule has 2 rings (SSSR count). The molecule has 0 saturated carbocycles. The molecule has 0 spiro atoms. The predicted molar refractivity (Wildman–Crippen MR) is 72.7 cm³/mol. The molecule has 1 aromatic carbocycles. The fourth-order valence-electron chi connectivity index (χ4n) is 2.07. The quantitative estimate of drug-likeness (QED) is 0.866. The van der Waals surface area contributed by atoms with Crippen molar-refractivity contribution in [3.8, 4) is 0 Å². The Labute approximate surface area is 118 Å². The normalized spacial score (nSPS) is 19.3. The molecule has 1 fully saturated rings. The number of anilines is 1. The third-order valence-electron chi connectivity index (χ3n) is 2.92. The van der Waals surface area contributed by atoms with Gasteiger partial charge in [-0.2, -0.15) is 0 Å². The van der Waals surface area contributed by atoms with Gasteiger partial charge in [-0.3, -0.25) is 4.79 Å². The molecule has 0 bridgehead atoms. The number of carboxylic acid groups (broad SMARTS) is 1. The summed E-state index contributed by atoms with van der Waals surface area (Å²) in [5.74, 6) is -0.979. The van der Waals surface area contributed by atoms with E-state index in [0.717, 1.165) is 5.33 Å². The summed E-state index contributed by atoms with van der Waals surface area (Å²) in [4.78, 5) is 24.6. The summed E-state index contributed by atoms with van der Waals surface area (Å²) in [5, 5.41) is 10.1. The smallest absolute Gasteiger partial charge is 0.339 e. The van der Waals surface area contributed by atoms with E-state index >= 15 is 0 Å². The van der Waals surface area contributed by atoms with Crippen LogP contribution in [0.4, 0.5) is 5.69 Å². The number of halogens is 2. The molecule has 1 amide bonds. The standard InChI is InChI=1S/C12H11BrClNO3/c13-5-7-4-10(16)15(6-7)9-3-1-2-8(14)11(9)12(17)18/h1-3,7H,4-6H2,(H,17,18). The van der Waals surface area contributed by atoms with Crippen molar-refractivity contribution >= 4 is 45.1 Å². The van der Waals surface area contributed by atoms with E-state index in [9.17, 15) is 14.7 Å². The zero-order valence-corrected chi connectivity index (χ0v) is 11.7. The maximum absolute atomic E-state index is 11.9. The van der Waals surface area contributed by atoms with Gasteiger partial charge in [-0.15, -0.1) is 0 Å². The first-order valence-electron chi connectivity index (χ1n) is 5.42. The van der Waals surface area contributed by atoms with Crippen LogP contribution >= 0.6 is 27.5 Å². The number of carbonyl (C=O) groups is 2. The second-order valence-electron chi connectivity index (χ2n) is 4.17. The molecule has 1 saturated heterocycles. The summed E-state index contributed by atoms with van der Waals surface area (Å²) in [6.45, 7) is 0.519. The van der Waals surface area contributed by atoms with Gasteiger partial charge in [-0.05, 0) is 18.1 Å². The van der Waals surface area contributed by atoms with Gasteiger partial charge in [-0.25, -0.2) is 4.79 Å². The number of carbonyl (C=O) groups excluding carboxylic acids is 1. The minimum atomic E-state index is -1.12. The van der Waals surface area contributed by atoms with Crippen molar-refractivity contribution in [1.82, 2.24) is 0 Å². The van der Waals surface area contributed by atoms with Crippen molar-refractivity contribution in [1.29, 1.82) is 0 Å². The molecule has 4 nitrogen and oxygen atoms in total. The Balaban J connectivity index is 2.43. The van der Waals surface area contributed by atoms with Crippen LogP contribution in [-0.4, -0.2) is 28.9 Å². The summed E-state index contributed by atoms with van der Waals surface area (Å²) >= 11 is 9.24. The Kier molecular flexibility index (Phi) is 3.92. The maximum Gasteiger partial charge on any atom is 0.339 e. The van der Waals surface area contributed by atoms with Crippen LogP contribution in [-0.2, 0) is 4.79 Å². The van der Waals surface area contributed by atoms with Gasteiger partial charge in [0.2, 0.25) is 5.91 Å². The van der Waals surface area contributed by atoms with Gasteiger partial charge in [0.1, 0.15) is 5.56 Å². The van der Waals surface area contributed by atoms with Gasteiger partial charge >= 0.3 is 5.97 Å². The monoisotopic (exact) mass is 331 g/mol. The molecule has 1 aliphatic rings. The highest BCUT2D eigenvalue weighted by Crippen LogP contribution is 2.32. The Morgan fingerprint density at radius 1 is 1.56 bits per heavy atom. The summed E-state index contributed by atoms with van der Waals surface area (Å²) in [6, 6.07) is 4.78. The summed E-state index contributed by atoms with van der Waals surface area (Å²) < 4.78 is 0. The zero-order chi connectivity index (χ0) is 13.3. The molecule has 1 aromatic rings. The van der Waals surface area contributed by atoms with Crippen LogP contribution in [0, 0.1) is 5.92 Å². The second kappa shape index (κ2) is 5.28. The summed E-state index contributed by atoms with van der Waals surface area (Å²) in [6.07, 6.45) is 0.427. The van der Waals surface area contributed by atoms with Gasteiger partial charge in [0, 0.05) is 18.3 Å². The third kappa shape index (κ3) is 2.37. The number of rotatable bonds is 3. The highest BCUT2D eigenvalue weighted by Gasteiger charge is 2.32. The van der Waals surface area contributed by atoms with E-state index < -0.39 is 5.97 Å². The van der Waals surface area contributed by atoms with Gasteiger partial charge < -0.3 is 10.0 Å².